The van der Waals surface area contributed by atoms with E-state index in [1.807, 2.05) is 0 Å². The van der Waals surface area contributed by atoms with E-state index >= 15 is 0 Å². The van der Waals surface area contributed by atoms with E-state index in [-0.39, 0.29) is 24.4 Å². The Kier molecular flexibility index (Phi) is 7.05. The summed E-state index contributed by atoms with van der Waals surface area (Å²) in [5.74, 6) is -2.10. The van der Waals surface area contributed by atoms with Crippen molar-refractivity contribution in [3.63, 3.8) is 0 Å². The SMILES string of the molecule is CCOC(=O)C1(C(=O)OCC)C=C(C(=O)c2ccc(F)cc2)[C@H](c2ccc(OC)cc2)N1. The fraction of sp³-hybridized carbons (Fsp3) is 0.292. The summed E-state index contributed by atoms with van der Waals surface area (Å²) in [7, 11) is 1.53. The maximum Gasteiger partial charge on any atom is 0.342 e. The molecule has 0 spiro atoms. The molecule has 0 aliphatic carbocycles. The van der Waals surface area contributed by atoms with Crippen LogP contribution in [0.4, 0.5) is 4.39 Å². The molecule has 1 aliphatic heterocycles. The first kappa shape index (κ1) is 23.1. The Labute approximate surface area is 185 Å². The van der Waals surface area contributed by atoms with Crippen LogP contribution >= 0.6 is 0 Å². The molecule has 1 heterocycles. The first-order chi connectivity index (χ1) is 15.4. The minimum atomic E-state index is -2.00. The molecule has 0 fully saturated rings. The molecule has 0 radical (unpaired) electrons. The highest BCUT2D eigenvalue weighted by Crippen LogP contribution is 2.37. The topological polar surface area (TPSA) is 90.9 Å². The second-order valence-electron chi connectivity index (χ2n) is 7.04. The number of carbonyl (C=O) groups is 3. The molecule has 0 saturated heterocycles. The minimum Gasteiger partial charge on any atom is -0.497 e. The molecule has 2 aromatic carbocycles. The monoisotopic (exact) mass is 441 g/mol. The molecule has 0 amide bonds. The van der Waals surface area contributed by atoms with E-state index in [4.69, 9.17) is 14.2 Å². The zero-order valence-corrected chi connectivity index (χ0v) is 18.0. The lowest BCUT2D eigenvalue weighted by Gasteiger charge is -2.26. The summed E-state index contributed by atoms with van der Waals surface area (Å²) in [6, 6.07) is 11.0. The summed E-state index contributed by atoms with van der Waals surface area (Å²) in [5, 5.41) is 2.96. The third-order valence-corrected chi connectivity index (χ3v) is 5.07. The van der Waals surface area contributed by atoms with Crippen molar-refractivity contribution < 1.29 is 33.0 Å². The van der Waals surface area contributed by atoms with Gasteiger partial charge in [-0.25, -0.2) is 14.0 Å². The predicted octanol–water partition coefficient (Wildman–Crippen LogP) is 3.15. The number of ketones is 1. The molecule has 8 heteroatoms. The Bertz CT molecular complexity index is 1010. The number of Topliss-reactive ketones (excluding diaryl/α,β-unsaturated/α-hetero) is 1. The minimum absolute atomic E-state index is 0.0317. The molecular formula is C24H24FNO6. The van der Waals surface area contributed by atoms with E-state index in [0.29, 0.717) is 11.3 Å². The number of hydrogen-bond donors (Lipinski definition) is 1. The number of nitrogens with one attached hydrogen (secondary N) is 1. The largest absolute Gasteiger partial charge is 0.497 e. The molecule has 32 heavy (non-hydrogen) atoms. The van der Waals surface area contributed by atoms with Crippen LogP contribution in [0.25, 0.3) is 0 Å². The second kappa shape index (κ2) is 9.74. The number of rotatable bonds is 8. The molecule has 1 atom stereocenters. The van der Waals surface area contributed by atoms with Crippen LogP contribution in [0.5, 0.6) is 5.75 Å². The lowest BCUT2D eigenvalue weighted by atomic mass is 9.93. The third kappa shape index (κ3) is 4.40. The molecule has 3 rings (SSSR count). The standard InChI is InChI=1S/C24H24FNO6/c1-4-31-22(28)24(23(29)32-5-2)14-19(21(27)16-6-10-17(25)11-7-16)20(26-24)15-8-12-18(30-3)13-9-15/h6-14,20,26H,4-5H2,1-3H3/t20-/m0/s1. The molecule has 7 nitrogen and oxygen atoms in total. The number of esters is 2. The van der Waals surface area contributed by atoms with Crippen LogP contribution in [0, 0.1) is 5.82 Å². The van der Waals surface area contributed by atoms with Gasteiger partial charge in [0.15, 0.2) is 5.78 Å². The van der Waals surface area contributed by atoms with E-state index in [1.165, 1.54) is 37.5 Å². The molecule has 0 saturated carbocycles. The molecule has 0 unspecified atom stereocenters. The summed E-state index contributed by atoms with van der Waals surface area (Å²) in [5.41, 5.74) is -1.03. The van der Waals surface area contributed by atoms with Gasteiger partial charge in [0, 0.05) is 11.1 Å². The van der Waals surface area contributed by atoms with Crippen molar-refractivity contribution in [3.8, 4) is 5.75 Å². The summed E-state index contributed by atoms with van der Waals surface area (Å²) in [6.07, 6.45) is 1.25. The predicted molar refractivity (Wildman–Crippen MR) is 114 cm³/mol. The number of ether oxygens (including phenoxy) is 3. The maximum absolute atomic E-state index is 13.4. The highest BCUT2D eigenvalue weighted by molar-refractivity contribution is 6.15. The number of hydrogen-bond acceptors (Lipinski definition) is 7. The maximum atomic E-state index is 13.4. The van der Waals surface area contributed by atoms with Gasteiger partial charge in [-0.05, 0) is 61.9 Å². The summed E-state index contributed by atoms with van der Waals surface area (Å²) in [6.45, 7) is 3.29. The first-order valence-electron chi connectivity index (χ1n) is 10.1. The fourth-order valence-electron chi connectivity index (χ4n) is 3.50. The molecular weight excluding hydrogens is 417 g/mol. The Morgan fingerprint density at radius 2 is 1.50 bits per heavy atom. The summed E-state index contributed by atoms with van der Waals surface area (Å²) >= 11 is 0. The van der Waals surface area contributed by atoms with Gasteiger partial charge in [-0.2, -0.15) is 0 Å². The van der Waals surface area contributed by atoms with E-state index in [9.17, 15) is 18.8 Å². The molecule has 0 aromatic heterocycles. The molecule has 2 aromatic rings. The van der Waals surface area contributed by atoms with Gasteiger partial charge >= 0.3 is 11.9 Å². The average molecular weight is 441 g/mol. The van der Waals surface area contributed by atoms with Gasteiger partial charge in [0.1, 0.15) is 11.6 Å². The van der Waals surface area contributed by atoms with E-state index in [1.54, 1.807) is 38.1 Å². The van der Waals surface area contributed by atoms with E-state index < -0.39 is 35.1 Å². The molecule has 0 bridgehead atoms. The lowest BCUT2D eigenvalue weighted by molar-refractivity contribution is -0.162. The number of halogens is 1. The van der Waals surface area contributed by atoms with Gasteiger partial charge in [-0.1, -0.05) is 12.1 Å². The van der Waals surface area contributed by atoms with Crippen LogP contribution in [0.3, 0.4) is 0 Å². The average Bonchev–Trinajstić information content (AvgIpc) is 3.22. The van der Waals surface area contributed by atoms with Gasteiger partial charge in [0.25, 0.3) is 0 Å². The molecule has 168 valence electrons. The van der Waals surface area contributed by atoms with Crippen LogP contribution in [-0.4, -0.2) is 43.6 Å². The zero-order valence-electron chi connectivity index (χ0n) is 18.0. The Morgan fingerprint density at radius 1 is 0.938 bits per heavy atom. The van der Waals surface area contributed by atoms with Crippen molar-refractivity contribution in [1.29, 1.82) is 0 Å². The van der Waals surface area contributed by atoms with Gasteiger partial charge in [0.2, 0.25) is 5.54 Å². The zero-order chi connectivity index (χ0) is 23.3. The number of methoxy groups -OCH3 is 1. The van der Waals surface area contributed by atoms with Crippen molar-refractivity contribution in [2.75, 3.05) is 20.3 Å². The summed E-state index contributed by atoms with van der Waals surface area (Å²) < 4.78 is 28.8. The molecule has 1 N–H and O–H groups in total. The highest BCUT2D eigenvalue weighted by atomic mass is 19.1. The fourth-order valence-corrected chi connectivity index (χ4v) is 3.50. The smallest absolute Gasteiger partial charge is 0.342 e. The molecule has 1 aliphatic rings. The van der Waals surface area contributed by atoms with Crippen molar-refractivity contribution in [2.24, 2.45) is 0 Å². The van der Waals surface area contributed by atoms with Crippen LogP contribution in [0.2, 0.25) is 0 Å². The highest BCUT2D eigenvalue weighted by Gasteiger charge is 2.54. The van der Waals surface area contributed by atoms with Crippen LogP contribution in [0.15, 0.2) is 60.2 Å². The van der Waals surface area contributed by atoms with Gasteiger partial charge < -0.3 is 14.2 Å². The van der Waals surface area contributed by atoms with Gasteiger partial charge in [-0.3, -0.25) is 10.1 Å². The van der Waals surface area contributed by atoms with Crippen LogP contribution in [0.1, 0.15) is 35.8 Å². The van der Waals surface area contributed by atoms with Crippen molar-refractivity contribution in [2.45, 2.75) is 25.4 Å². The Hall–Kier alpha value is -3.52. The van der Waals surface area contributed by atoms with Crippen molar-refractivity contribution >= 4 is 17.7 Å². The van der Waals surface area contributed by atoms with Crippen molar-refractivity contribution in [1.82, 2.24) is 5.32 Å². The third-order valence-electron chi connectivity index (χ3n) is 5.07. The number of benzene rings is 2. The lowest BCUT2D eigenvalue weighted by Crippen LogP contribution is -2.56. The normalized spacial score (nSPS) is 16.8. The van der Waals surface area contributed by atoms with Gasteiger partial charge in [-0.15, -0.1) is 0 Å². The van der Waals surface area contributed by atoms with E-state index in [0.717, 1.165) is 0 Å². The summed E-state index contributed by atoms with van der Waals surface area (Å²) in [4.78, 5) is 39.2. The number of carbonyl (C=O) groups excluding carboxylic acids is 3. The van der Waals surface area contributed by atoms with Gasteiger partial charge in [0.05, 0.1) is 26.4 Å². The second-order valence-corrected chi connectivity index (χ2v) is 7.04. The Balaban J connectivity index is 2.13. The quantitative estimate of drug-likeness (QED) is 0.382. The van der Waals surface area contributed by atoms with Crippen LogP contribution in [-0.2, 0) is 19.1 Å². The van der Waals surface area contributed by atoms with Crippen molar-refractivity contribution in [3.05, 3.63) is 77.1 Å². The van der Waals surface area contributed by atoms with E-state index in [2.05, 4.69) is 5.32 Å². The Morgan fingerprint density at radius 3 is 2.00 bits per heavy atom. The van der Waals surface area contributed by atoms with Crippen LogP contribution < -0.4 is 10.1 Å². The first-order valence-corrected chi connectivity index (χ1v) is 10.1.